The van der Waals surface area contributed by atoms with Gasteiger partial charge in [0, 0.05) is 16.7 Å². The maximum Gasteiger partial charge on any atom is 0.122 e. The second-order valence-electron chi connectivity index (χ2n) is 8.62. The van der Waals surface area contributed by atoms with Crippen LogP contribution in [0.15, 0.2) is 65.1 Å². The molecular weight excluding hydrogens is 450 g/mol. The van der Waals surface area contributed by atoms with Crippen molar-refractivity contribution in [3.8, 4) is 11.5 Å². The molecule has 0 aromatic heterocycles. The minimum atomic E-state index is -0.298. The van der Waals surface area contributed by atoms with Crippen molar-refractivity contribution in [3.63, 3.8) is 0 Å². The van der Waals surface area contributed by atoms with E-state index in [1.807, 2.05) is 0 Å². The highest BCUT2D eigenvalue weighted by Gasteiger charge is 2.40. The summed E-state index contributed by atoms with van der Waals surface area (Å²) in [7, 11) is 1.73. The Labute approximate surface area is 194 Å². The molecule has 1 heterocycles. The van der Waals surface area contributed by atoms with Crippen molar-refractivity contribution in [3.05, 3.63) is 87.4 Å². The lowest BCUT2D eigenvalue weighted by molar-refractivity contribution is 0.241. The Bertz CT molecular complexity index is 1080. The molecule has 0 radical (unpaired) electrons. The Morgan fingerprint density at radius 2 is 1.74 bits per heavy atom. The Morgan fingerprint density at radius 3 is 2.39 bits per heavy atom. The van der Waals surface area contributed by atoms with E-state index in [9.17, 15) is 0 Å². The SMILES string of the molecule is COc1ccc2c(c1)CCN(c1ccc(OC(C)C)c(C)c1)C2(C)c1ccc(Br)cc1. The van der Waals surface area contributed by atoms with Gasteiger partial charge in [0.25, 0.3) is 0 Å². The van der Waals surface area contributed by atoms with Gasteiger partial charge in [0.2, 0.25) is 0 Å². The summed E-state index contributed by atoms with van der Waals surface area (Å²) in [6.45, 7) is 9.51. The van der Waals surface area contributed by atoms with E-state index >= 15 is 0 Å². The predicted octanol–water partition coefficient (Wildman–Crippen LogP) is 6.88. The standard InChI is InChI=1S/C27H30BrNO2/c1-18(2)31-26-13-10-23(16-19(26)3)29-15-14-20-17-24(30-5)11-12-25(20)27(29,4)21-6-8-22(28)9-7-21/h6-13,16-18H,14-15H2,1-5H3. The van der Waals surface area contributed by atoms with Gasteiger partial charge in [0.05, 0.1) is 18.8 Å². The Hall–Kier alpha value is -2.46. The maximum atomic E-state index is 5.98. The van der Waals surface area contributed by atoms with E-state index in [0.717, 1.165) is 34.5 Å². The van der Waals surface area contributed by atoms with Crippen LogP contribution in [0.2, 0.25) is 0 Å². The van der Waals surface area contributed by atoms with Gasteiger partial charge >= 0.3 is 0 Å². The molecule has 0 spiro atoms. The first-order valence-corrected chi connectivity index (χ1v) is 11.6. The summed E-state index contributed by atoms with van der Waals surface area (Å²) in [6, 6.07) is 21.7. The second kappa shape index (κ2) is 8.58. The minimum Gasteiger partial charge on any atom is -0.497 e. The highest BCUT2D eigenvalue weighted by atomic mass is 79.9. The molecule has 1 aliphatic heterocycles. The number of nitrogens with zero attached hydrogens (tertiary/aromatic N) is 1. The van der Waals surface area contributed by atoms with E-state index in [1.54, 1.807) is 7.11 Å². The summed E-state index contributed by atoms with van der Waals surface area (Å²) in [5, 5.41) is 0. The number of anilines is 1. The molecule has 1 unspecified atom stereocenters. The smallest absolute Gasteiger partial charge is 0.122 e. The van der Waals surface area contributed by atoms with Crippen LogP contribution < -0.4 is 14.4 Å². The molecule has 3 aromatic carbocycles. The van der Waals surface area contributed by atoms with Crippen LogP contribution in [0, 0.1) is 6.92 Å². The number of fused-ring (bicyclic) bond motifs is 1. The van der Waals surface area contributed by atoms with Crippen molar-refractivity contribution in [1.29, 1.82) is 0 Å². The lowest BCUT2D eigenvalue weighted by Crippen LogP contribution is -2.49. The highest BCUT2D eigenvalue weighted by Crippen LogP contribution is 2.45. The molecule has 1 aliphatic rings. The first-order chi connectivity index (χ1) is 14.8. The van der Waals surface area contributed by atoms with Gasteiger partial charge in [-0.1, -0.05) is 34.1 Å². The van der Waals surface area contributed by atoms with Gasteiger partial charge in [-0.2, -0.15) is 0 Å². The quantitative estimate of drug-likeness (QED) is 0.397. The minimum absolute atomic E-state index is 0.162. The van der Waals surface area contributed by atoms with E-state index in [1.165, 1.54) is 22.4 Å². The zero-order valence-corrected chi connectivity index (χ0v) is 20.5. The van der Waals surface area contributed by atoms with Crippen LogP contribution in [-0.2, 0) is 12.0 Å². The molecule has 4 heteroatoms. The number of hydrogen-bond acceptors (Lipinski definition) is 3. The van der Waals surface area contributed by atoms with Gasteiger partial charge in [-0.25, -0.2) is 0 Å². The van der Waals surface area contributed by atoms with Crippen molar-refractivity contribution in [2.75, 3.05) is 18.6 Å². The zero-order chi connectivity index (χ0) is 22.2. The molecule has 0 N–H and O–H groups in total. The van der Waals surface area contributed by atoms with Crippen molar-refractivity contribution in [2.24, 2.45) is 0 Å². The monoisotopic (exact) mass is 479 g/mol. The van der Waals surface area contributed by atoms with E-state index in [2.05, 4.69) is 109 Å². The Balaban J connectivity index is 1.85. The molecule has 3 aromatic rings. The average Bonchev–Trinajstić information content (AvgIpc) is 2.75. The van der Waals surface area contributed by atoms with Gasteiger partial charge < -0.3 is 14.4 Å². The first kappa shape index (κ1) is 21.8. The lowest BCUT2D eigenvalue weighted by atomic mass is 9.76. The molecule has 0 saturated carbocycles. The summed E-state index contributed by atoms with van der Waals surface area (Å²) in [6.07, 6.45) is 1.14. The summed E-state index contributed by atoms with van der Waals surface area (Å²) < 4.78 is 12.6. The average molecular weight is 480 g/mol. The molecule has 162 valence electrons. The number of rotatable bonds is 5. The molecular formula is C27H30BrNO2. The van der Waals surface area contributed by atoms with Gasteiger partial charge in [-0.3, -0.25) is 0 Å². The van der Waals surface area contributed by atoms with Crippen LogP contribution in [0.3, 0.4) is 0 Å². The fourth-order valence-electron chi connectivity index (χ4n) is 4.64. The van der Waals surface area contributed by atoms with Crippen LogP contribution >= 0.6 is 15.9 Å². The molecule has 31 heavy (non-hydrogen) atoms. The molecule has 0 amide bonds. The number of halogens is 1. The van der Waals surface area contributed by atoms with Crippen molar-refractivity contribution in [1.82, 2.24) is 0 Å². The number of hydrogen-bond donors (Lipinski definition) is 0. The van der Waals surface area contributed by atoms with Gasteiger partial charge in [0.15, 0.2) is 0 Å². The Kier molecular flexibility index (Phi) is 6.02. The van der Waals surface area contributed by atoms with Crippen molar-refractivity contribution in [2.45, 2.75) is 45.8 Å². The van der Waals surface area contributed by atoms with E-state index in [-0.39, 0.29) is 11.6 Å². The van der Waals surface area contributed by atoms with E-state index < -0.39 is 0 Å². The summed E-state index contributed by atoms with van der Waals surface area (Å²) >= 11 is 3.59. The summed E-state index contributed by atoms with van der Waals surface area (Å²) in [5.74, 6) is 1.86. The number of ether oxygens (including phenoxy) is 2. The van der Waals surface area contributed by atoms with Crippen LogP contribution in [0.5, 0.6) is 11.5 Å². The fraction of sp³-hybridized carbons (Fsp3) is 0.333. The predicted molar refractivity (Wildman–Crippen MR) is 132 cm³/mol. The third kappa shape index (κ3) is 4.06. The molecule has 0 saturated heterocycles. The van der Waals surface area contributed by atoms with E-state index in [4.69, 9.17) is 9.47 Å². The van der Waals surface area contributed by atoms with Crippen LogP contribution in [0.25, 0.3) is 0 Å². The number of benzene rings is 3. The fourth-order valence-corrected chi connectivity index (χ4v) is 4.91. The maximum absolute atomic E-state index is 5.98. The van der Waals surface area contributed by atoms with Crippen LogP contribution in [0.4, 0.5) is 5.69 Å². The van der Waals surface area contributed by atoms with E-state index in [0.29, 0.717) is 0 Å². The Morgan fingerprint density at radius 1 is 1.00 bits per heavy atom. The van der Waals surface area contributed by atoms with Crippen LogP contribution in [-0.4, -0.2) is 19.8 Å². The second-order valence-corrected chi connectivity index (χ2v) is 9.54. The molecule has 4 rings (SSSR count). The van der Waals surface area contributed by atoms with Crippen molar-refractivity contribution < 1.29 is 9.47 Å². The zero-order valence-electron chi connectivity index (χ0n) is 18.9. The van der Waals surface area contributed by atoms with Crippen molar-refractivity contribution >= 4 is 21.6 Å². The lowest BCUT2D eigenvalue weighted by Gasteiger charge is -2.48. The van der Waals surface area contributed by atoms with Gasteiger partial charge in [0.1, 0.15) is 11.5 Å². The molecule has 1 atom stereocenters. The molecule has 0 fully saturated rings. The summed E-state index contributed by atoms with van der Waals surface area (Å²) in [4.78, 5) is 2.53. The largest absolute Gasteiger partial charge is 0.497 e. The molecule has 0 bridgehead atoms. The molecule has 0 aliphatic carbocycles. The summed E-state index contributed by atoms with van der Waals surface area (Å²) in [5.41, 5.74) is 6.00. The highest BCUT2D eigenvalue weighted by molar-refractivity contribution is 9.10. The topological polar surface area (TPSA) is 21.7 Å². The third-order valence-electron chi connectivity index (χ3n) is 6.22. The molecule has 3 nitrogen and oxygen atoms in total. The normalized spacial score (nSPS) is 18.1. The van der Waals surface area contributed by atoms with Gasteiger partial charge in [-0.15, -0.1) is 0 Å². The number of methoxy groups -OCH3 is 1. The van der Waals surface area contributed by atoms with Crippen LogP contribution in [0.1, 0.15) is 43.0 Å². The first-order valence-electron chi connectivity index (χ1n) is 10.8. The number of aryl methyl sites for hydroxylation is 1. The van der Waals surface area contributed by atoms with Gasteiger partial charge in [-0.05, 0) is 98.8 Å². The third-order valence-corrected chi connectivity index (χ3v) is 6.75.